The van der Waals surface area contributed by atoms with E-state index < -0.39 is 11.3 Å². The zero-order valence-corrected chi connectivity index (χ0v) is 46.6. The maximum atomic E-state index is 12.4. The molecule has 0 saturated heterocycles. The van der Waals surface area contributed by atoms with E-state index in [1.54, 1.807) is 40.1 Å². The van der Waals surface area contributed by atoms with Crippen molar-refractivity contribution in [2.75, 3.05) is 72.2 Å². The van der Waals surface area contributed by atoms with Crippen LogP contribution in [0.2, 0.25) is 0 Å². The lowest BCUT2D eigenvalue weighted by molar-refractivity contribution is -0.134. The Hall–Kier alpha value is -9.39. The van der Waals surface area contributed by atoms with Crippen LogP contribution in [0.5, 0.6) is 0 Å². The molecule has 0 aliphatic heterocycles. The number of benzene rings is 2. The van der Waals surface area contributed by atoms with E-state index in [1.165, 1.54) is 49.5 Å². The van der Waals surface area contributed by atoms with E-state index in [-0.39, 0.29) is 23.8 Å². The molecule has 2 saturated carbocycles. The average molecular weight is 1120 g/mol. The summed E-state index contributed by atoms with van der Waals surface area (Å²) in [6.45, 7) is 11.7. The van der Waals surface area contributed by atoms with Crippen molar-refractivity contribution in [3.63, 3.8) is 0 Å². The Kier molecular flexibility index (Phi) is 23.5. The van der Waals surface area contributed by atoms with Gasteiger partial charge in [-0.2, -0.15) is 40.7 Å². The first kappa shape index (κ1) is 60.8. The minimum atomic E-state index is -0.630. The number of nitriles is 2. The number of halogens is 1. The van der Waals surface area contributed by atoms with Crippen LogP contribution in [0.3, 0.4) is 0 Å². The zero-order chi connectivity index (χ0) is 58.1. The number of anilines is 10. The molecule has 6 aromatic rings. The number of allylic oxidation sites excluding steroid dienone is 1. The lowest BCUT2D eigenvalue weighted by atomic mass is 9.83. The van der Waals surface area contributed by atoms with Gasteiger partial charge in [-0.25, -0.2) is 0 Å². The van der Waals surface area contributed by atoms with Gasteiger partial charge in [0, 0.05) is 92.1 Å². The first-order chi connectivity index (χ1) is 39.2. The van der Waals surface area contributed by atoms with Crippen LogP contribution in [0.25, 0.3) is 0 Å². The Morgan fingerprint density at radius 1 is 0.642 bits per heavy atom. The van der Waals surface area contributed by atoms with E-state index in [0.717, 1.165) is 40.0 Å². The molecule has 2 aliphatic rings. The summed E-state index contributed by atoms with van der Waals surface area (Å²) in [6.07, 6.45) is 10.1. The van der Waals surface area contributed by atoms with E-state index in [2.05, 4.69) is 113 Å². The number of carbonyl (C=O) groups is 4. The third-order valence-electron chi connectivity index (χ3n) is 13.2. The summed E-state index contributed by atoms with van der Waals surface area (Å²) in [6, 6.07) is 26.1. The second-order valence-corrected chi connectivity index (χ2v) is 19.3. The molecule has 0 spiro atoms. The Labute approximate surface area is 475 Å². The summed E-state index contributed by atoms with van der Waals surface area (Å²) in [4.78, 5) is 65.3. The van der Waals surface area contributed by atoms with Gasteiger partial charge >= 0.3 is 0 Å². The summed E-state index contributed by atoms with van der Waals surface area (Å²) >= 11 is 4.71. The molecule has 424 valence electrons. The van der Waals surface area contributed by atoms with Crippen molar-refractivity contribution in [1.82, 2.24) is 61.2 Å². The van der Waals surface area contributed by atoms with Gasteiger partial charge in [0.25, 0.3) is 0 Å². The number of likely N-dealkylation sites (N-methyl/N-ethyl adjacent to an activating group) is 2. The predicted octanol–water partition coefficient (Wildman–Crippen LogP) is 7.68. The van der Waals surface area contributed by atoms with Crippen molar-refractivity contribution in [2.45, 2.75) is 89.1 Å². The van der Waals surface area contributed by atoms with Gasteiger partial charge in [0.1, 0.15) is 29.3 Å². The molecule has 2 atom stereocenters. The Balaban J connectivity index is 0.000000242. The molecule has 4 aromatic heterocycles. The van der Waals surface area contributed by atoms with Crippen LogP contribution in [0.15, 0.2) is 98.1 Å². The highest BCUT2D eigenvalue weighted by Crippen LogP contribution is 2.37. The number of aromatic amines is 2. The fraction of sp³-hybridized carbons (Fsp3) is 0.357. The zero-order valence-electron chi connectivity index (χ0n) is 45.8. The van der Waals surface area contributed by atoms with Crippen molar-refractivity contribution < 1.29 is 19.2 Å². The maximum Gasteiger partial charge on any atom is 0.246 e. The van der Waals surface area contributed by atoms with Crippen molar-refractivity contribution in [2.24, 2.45) is 0 Å². The lowest BCUT2D eigenvalue weighted by Gasteiger charge is -2.23. The molecule has 81 heavy (non-hydrogen) atoms. The molecular formula is C56H69ClN20O4. The summed E-state index contributed by atoms with van der Waals surface area (Å²) < 4.78 is 0. The van der Waals surface area contributed by atoms with E-state index in [0.29, 0.717) is 97.7 Å². The van der Waals surface area contributed by atoms with Crippen molar-refractivity contribution in [3.8, 4) is 12.1 Å². The van der Waals surface area contributed by atoms with Crippen LogP contribution in [0.4, 0.5) is 58.2 Å². The fourth-order valence-electron chi connectivity index (χ4n) is 7.78. The molecule has 4 heterocycles. The van der Waals surface area contributed by atoms with Gasteiger partial charge in [0.15, 0.2) is 11.6 Å². The van der Waals surface area contributed by atoms with Gasteiger partial charge in [-0.1, -0.05) is 50.3 Å². The smallest absolute Gasteiger partial charge is 0.246 e. The van der Waals surface area contributed by atoms with Crippen LogP contribution < -0.4 is 47.9 Å². The third kappa shape index (κ3) is 19.5. The van der Waals surface area contributed by atoms with Crippen LogP contribution in [0.1, 0.15) is 86.7 Å². The molecule has 8 rings (SSSR count). The minimum Gasteiger partial charge on any atom is -0.368 e. The topological polar surface area (TPSA) is 336 Å². The number of amides is 3. The Bertz CT molecular complexity index is 3140. The summed E-state index contributed by atoms with van der Waals surface area (Å²) in [5.41, 5.74) is 5.69. The van der Waals surface area contributed by atoms with Crippen LogP contribution in [0, 0.1) is 22.7 Å². The molecule has 0 unspecified atom stereocenters. The fourth-order valence-corrected chi connectivity index (χ4v) is 7.78. The first-order valence-corrected chi connectivity index (χ1v) is 26.8. The first-order valence-electron chi connectivity index (χ1n) is 26.5. The number of hydrogen-bond acceptors (Lipinski definition) is 19. The number of rotatable bonds is 26. The molecule has 11 N–H and O–H groups in total. The number of H-pyrrole nitrogens is 2. The SMILES string of the molecule is C=CC(=O)Cl.C=CC(=O)N(C)[C@@H](C)C(=O)NCCNc1cc(Nc2cc(C3CCC3)[nH]n2)nc(Nc2ccc(CC#N)cc2)n1.CN[C@@H](C)C(=O)NCCNc1cc(Nc2cc(C3CCC3)[nH]n2)nc(Nc2ccc(CC#N)cc2)n1. The van der Waals surface area contributed by atoms with Crippen LogP contribution in [-0.4, -0.2) is 121 Å². The quantitative estimate of drug-likeness (QED) is 0.0141. The summed E-state index contributed by atoms with van der Waals surface area (Å²) in [5.74, 6) is 4.80. The normalized spacial score (nSPS) is 13.1. The number of nitrogens with zero attached hydrogens (tertiary/aromatic N) is 9. The van der Waals surface area contributed by atoms with Crippen molar-refractivity contribution in [1.29, 1.82) is 10.5 Å². The van der Waals surface area contributed by atoms with Gasteiger partial charge in [-0.15, -0.1) is 0 Å². The van der Waals surface area contributed by atoms with Gasteiger partial charge < -0.3 is 52.8 Å². The van der Waals surface area contributed by atoms with Gasteiger partial charge in [-0.05, 0) is 106 Å². The van der Waals surface area contributed by atoms with Gasteiger partial charge in [0.05, 0.1) is 31.0 Å². The van der Waals surface area contributed by atoms with Crippen LogP contribution >= 0.6 is 11.6 Å². The molecule has 2 fully saturated rings. The molecule has 2 aliphatic carbocycles. The summed E-state index contributed by atoms with van der Waals surface area (Å²) in [5, 5.41) is 60.3. The standard InChI is InChI=1S/C28H34N10O2.C25H32N10O.C3H3ClO/c1-4-26(39)38(3)18(2)27(40)31-15-14-30-23-17-24(33-25-16-22(36-37-25)20-6-5-7-20)35-28(34-23)32-21-10-8-19(9-11-21)12-13-29;1-16(27-2)24(36)29-13-12-28-21-15-22(31-23-14-20(34-35-23)18-4-3-5-18)33-25(32-21)30-19-8-6-17(7-9-19)10-11-26;1-2-3(4)5/h4,8-11,16-18,20H,1,5-7,12,14-15H2,2-3H3,(H,31,40)(H4,30,32,33,34,35,36,37);6-9,14-16,18,27H,3-5,10,12-13H2,1-2H3,(H,29,36)(H4,28,30,31,32,33,34,35);2H,1H2/t18-;16-;/m00./s1. The van der Waals surface area contributed by atoms with Crippen molar-refractivity contribution >= 4 is 92.7 Å². The Morgan fingerprint density at radius 2 is 1.06 bits per heavy atom. The van der Waals surface area contributed by atoms with Gasteiger partial charge in [-0.3, -0.25) is 29.4 Å². The minimum absolute atomic E-state index is 0.0626. The summed E-state index contributed by atoms with van der Waals surface area (Å²) in [7, 11) is 3.31. The maximum absolute atomic E-state index is 12.4. The van der Waals surface area contributed by atoms with Crippen LogP contribution in [-0.2, 0) is 32.0 Å². The lowest BCUT2D eigenvalue weighted by Crippen LogP contribution is -2.46. The highest BCUT2D eigenvalue weighted by atomic mass is 35.5. The molecule has 0 bridgehead atoms. The van der Waals surface area contributed by atoms with E-state index in [9.17, 15) is 19.2 Å². The second-order valence-electron chi connectivity index (χ2n) is 18.9. The molecular weight excluding hydrogens is 1050 g/mol. The average Bonchev–Trinajstić information content (AvgIpc) is 4.09. The molecule has 24 nitrogen and oxygen atoms in total. The number of carbonyl (C=O) groups excluding carboxylic acids is 4. The van der Waals surface area contributed by atoms with E-state index >= 15 is 0 Å². The largest absolute Gasteiger partial charge is 0.368 e. The molecule has 0 radical (unpaired) electrons. The third-order valence-corrected chi connectivity index (χ3v) is 13.3. The number of nitrogens with one attached hydrogen (secondary N) is 11. The van der Waals surface area contributed by atoms with Crippen molar-refractivity contribution in [3.05, 3.63) is 121 Å². The molecule has 2 aromatic carbocycles. The van der Waals surface area contributed by atoms with Gasteiger partial charge in [0.2, 0.25) is 34.9 Å². The molecule has 25 heteroatoms. The second kappa shape index (κ2) is 31.3. The number of hydrogen-bond donors (Lipinski definition) is 11. The monoisotopic (exact) mass is 1120 g/mol. The Morgan fingerprint density at radius 3 is 1.43 bits per heavy atom. The molecule has 3 amide bonds. The van der Waals surface area contributed by atoms with E-state index in [1.807, 2.05) is 60.7 Å². The highest BCUT2D eigenvalue weighted by Gasteiger charge is 2.24. The highest BCUT2D eigenvalue weighted by molar-refractivity contribution is 6.66. The predicted molar refractivity (Wildman–Crippen MR) is 314 cm³/mol. The number of aromatic nitrogens is 8. The van der Waals surface area contributed by atoms with E-state index in [4.69, 9.17) is 22.1 Å².